The summed E-state index contributed by atoms with van der Waals surface area (Å²) in [5, 5.41) is 16.2. The van der Waals surface area contributed by atoms with Gasteiger partial charge in [0, 0.05) is 18.9 Å². The fraction of sp³-hybridized carbons (Fsp3) is 0.389. The molecule has 6 heteroatoms. The van der Waals surface area contributed by atoms with E-state index in [0.29, 0.717) is 5.56 Å². The average molecular weight is 326 g/mol. The van der Waals surface area contributed by atoms with Crippen LogP contribution in [0.4, 0.5) is 0 Å². The summed E-state index contributed by atoms with van der Waals surface area (Å²) in [7, 11) is 0. The lowest BCUT2D eigenvalue weighted by Crippen LogP contribution is -2.28. The Balaban J connectivity index is 1.55. The minimum atomic E-state index is -0.738. The zero-order valence-corrected chi connectivity index (χ0v) is 13.7. The van der Waals surface area contributed by atoms with Gasteiger partial charge in [0.25, 0.3) is 5.91 Å². The van der Waals surface area contributed by atoms with Crippen LogP contribution in [0.1, 0.15) is 52.3 Å². The fourth-order valence-corrected chi connectivity index (χ4v) is 2.74. The van der Waals surface area contributed by atoms with Gasteiger partial charge in [-0.1, -0.05) is 29.8 Å². The van der Waals surface area contributed by atoms with Gasteiger partial charge < -0.3 is 15.7 Å². The molecule has 1 fully saturated rings. The number of carbonyl (C=O) groups is 1. The first-order valence-electron chi connectivity index (χ1n) is 8.21. The molecule has 3 rings (SSSR count). The molecule has 0 spiro atoms. The van der Waals surface area contributed by atoms with Gasteiger partial charge in [-0.2, -0.15) is 0 Å². The molecule has 2 unspecified atom stereocenters. The smallest absolute Gasteiger partial charge is 0.254 e. The summed E-state index contributed by atoms with van der Waals surface area (Å²) in [6, 6.07) is 7.77. The molecule has 2 atom stereocenters. The molecule has 126 valence electrons. The first kappa shape index (κ1) is 16.5. The SMILES string of the molecule is Cc1ccc(C(O)CNC(=O)c2cnc(C3CCCN3)nc2)cc1. The molecule has 0 bridgehead atoms. The number of aliphatic hydroxyl groups is 1. The number of nitrogens with zero attached hydrogens (tertiary/aromatic N) is 2. The van der Waals surface area contributed by atoms with Crippen LogP contribution < -0.4 is 10.6 Å². The molecule has 2 aromatic rings. The van der Waals surface area contributed by atoms with E-state index in [1.807, 2.05) is 31.2 Å². The van der Waals surface area contributed by atoms with Gasteiger partial charge in [-0.3, -0.25) is 4.79 Å². The Labute approximate surface area is 141 Å². The Bertz CT molecular complexity index is 679. The van der Waals surface area contributed by atoms with Crippen molar-refractivity contribution in [2.75, 3.05) is 13.1 Å². The van der Waals surface area contributed by atoms with Gasteiger partial charge >= 0.3 is 0 Å². The Hall–Kier alpha value is -2.31. The Morgan fingerprint density at radius 3 is 2.67 bits per heavy atom. The standard InChI is InChI=1S/C18H22N4O2/c1-12-4-6-13(7-5-12)16(23)11-22-18(24)14-9-20-17(21-10-14)15-3-2-8-19-15/h4-7,9-10,15-16,19,23H,2-3,8,11H2,1H3,(H,22,24). The number of rotatable bonds is 5. The van der Waals surface area contributed by atoms with Crippen LogP contribution in [0.5, 0.6) is 0 Å². The zero-order valence-electron chi connectivity index (χ0n) is 13.7. The molecule has 1 amide bonds. The molecule has 3 N–H and O–H groups in total. The largest absolute Gasteiger partial charge is 0.387 e. The topological polar surface area (TPSA) is 87.1 Å². The van der Waals surface area contributed by atoms with E-state index in [1.54, 1.807) is 0 Å². The predicted octanol–water partition coefficient (Wildman–Crippen LogP) is 1.67. The maximum absolute atomic E-state index is 12.1. The van der Waals surface area contributed by atoms with E-state index < -0.39 is 6.10 Å². The number of amides is 1. The summed E-state index contributed by atoms with van der Waals surface area (Å²) in [6.45, 7) is 3.11. The quantitative estimate of drug-likeness (QED) is 0.778. The number of aryl methyl sites for hydroxylation is 1. The molecule has 0 saturated carbocycles. The predicted molar refractivity (Wildman–Crippen MR) is 90.5 cm³/mol. The van der Waals surface area contributed by atoms with E-state index in [-0.39, 0.29) is 18.5 Å². The van der Waals surface area contributed by atoms with E-state index in [9.17, 15) is 9.90 Å². The summed E-state index contributed by atoms with van der Waals surface area (Å²) in [5.41, 5.74) is 2.30. The molecule has 24 heavy (non-hydrogen) atoms. The van der Waals surface area contributed by atoms with Crippen LogP contribution in [0, 0.1) is 6.92 Å². The highest BCUT2D eigenvalue weighted by atomic mass is 16.3. The van der Waals surface area contributed by atoms with Gasteiger partial charge in [-0.15, -0.1) is 0 Å². The molecular weight excluding hydrogens is 304 g/mol. The van der Waals surface area contributed by atoms with Gasteiger partial charge in [0.2, 0.25) is 0 Å². The third-order valence-electron chi connectivity index (χ3n) is 4.22. The normalized spacial score (nSPS) is 18.3. The highest BCUT2D eigenvalue weighted by Crippen LogP contribution is 2.19. The minimum Gasteiger partial charge on any atom is -0.387 e. The lowest BCUT2D eigenvalue weighted by molar-refractivity contribution is 0.0915. The van der Waals surface area contributed by atoms with Crippen LogP contribution in [0.3, 0.4) is 0 Å². The molecule has 0 aliphatic carbocycles. The Kier molecular flexibility index (Phi) is 5.17. The van der Waals surface area contributed by atoms with Crippen molar-refractivity contribution in [1.82, 2.24) is 20.6 Å². The lowest BCUT2D eigenvalue weighted by Gasteiger charge is -2.13. The van der Waals surface area contributed by atoms with Crippen molar-refractivity contribution < 1.29 is 9.90 Å². The van der Waals surface area contributed by atoms with Crippen molar-refractivity contribution in [3.63, 3.8) is 0 Å². The number of hydrogen-bond acceptors (Lipinski definition) is 5. The van der Waals surface area contributed by atoms with Gasteiger partial charge in [-0.05, 0) is 31.9 Å². The van der Waals surface area contributed by atoms with Crippen molar-refractivity contribution >= 4 is 5.91 Å². The van der Waals surface area contributed by atoms with Gasteiger partial charge in [0.05, 0.1) is 17.7 Å². The van der Waals surface area contributed by atoms with Crippen molar-refractivity contribution in [2.24, 2.45) is 0 Å². The van der Waals surface area contributed by atoms with Gasteiger partial charge in [0.1, 0.15) is 5.82 Å². The molecule has 1 aromatic carbocycles. The minimum absolute atomic E-state index is 0.147. The number of aromatic nitrogens is 2. The third kappa shape index (κ3) is 3.96. The molecule has 0 radical (unpaired) electrons. The van der Waals surface area contributed by atoms with Crippen LogP contribution in [0.25, 0.3) is 0 Å². The van der Waals surface area contributed by atoms with Crippen molar-refractivity contribution in [1.29, 1.82) is 0 Å². The number of aliphatic hydroxyl groups excluding tert-OH is 1. The Morgan fingerprint density at radius 2 is 2.04 bits per heavy atom. The van der Waals surface area contributed by atoms with E-state index in [4.69, 9.17) is 0 Å². The third-order valence-corrected chi connectivity index (χ3v) is 4.22. The van der Waals surface area contributed by atoms with Crippen molar-refractivity contribution in [3.8, 4) is 0 Å². The van der Waals surface area contributed by atoms with Crippen LogP contribution >= 0.6 is 0 Å². The van der Waals surface area contributed by atoms with E-state index >= 15 is 0 Å². The summed E-state index contributed by atoms with van der Waals surface area (Å²) < 4.78 is 0. The van der Waals surface area contributed by atoms with Crippen molar-refractivity contribution in [3.05, 3.63) is 59.2 Å². The molecule has 1 aromatic heterocycles. The summed E-state index contributed by atoms with van der Waals surface area (Å²) in [5.74, 6) is 0.441. The number of nitrogens with one attached hydrogen (secondary N) is 2. The molecule has 1 saturated heterocycles. The second-order valence-electron chi connectivity index (χ2n) is 6.12. The fourth-order valence-electron chi connectivity index (χ4n) is 2.74. The Morgan fingerprint density at radius 1 is 1.33 bits per heavy atom. The molecule has 2 heterocycles. The van der Waals surface area contributed by atoms with E-state index in [2.05, 4.69) is 20.6 Å². The first-order chi connectivity index (χ1) is 11.6. The highest BCUT2D eigenvalue weighted by molar-refractivity contribution is 5.93. The summed E-state index contributed by atoms with van der Waals surface area (Å²) >= 11 is 0. The van der Waals surface area contributed by atoms with Crippen LogP contribution in [0.2, 0.25) is 0 Å². The maximum atomic E-state index is 12.1. The zero-order chi connectivity index (χ0) is 16.9. The van der Waals surface area contributed by atoms with Crippen LogP contribution in [-0.2, 0) is 0 Å². The summed E-state index contributed by atoms with van der Waals surface area (Å²) in [4.78, 5) is 20.7. The van der Waals surface area contributed by atoms with Gasteiger partial charge in [0.15, 0.2) is 0 Å². The van der Waals surface area contributed by atoms with Crippen LogP contribution in [-0.4, -0.2) is 34.1 Å². The van der Waals surface area contributed by atoms with E-state index in [1.165, 1.54) is 12.4 Å². The maximum Gasteiger partial charge on any atom is 0.254 e. The second kappa shape index (κ2) is 7.51. The number of benzene rings is 1. The lowest BCUT2D eigenvalue weighted by atomic mass is 10.1. The second-order valence-corrected chi connectivity index (χ2v) is 6.12. The molecule has 6 nitrogen and oxygen atoms in total. The van der Waals surface area contributed by atoms with Crippen molar-refractivity contribution in [2.45, 2.75) is 31.9 Å². The van der Waals surface area contributed by atoms with E-state index in [0.717, 1.165) is 36.3 Å². The monoisotopic (exact) mass is 326 g/mol. The average Bonchev–Trinajstić information content (AvgIpc) is 3.15. The number of carbonyl (C=O) groups excluding carboxylic acids is 1. The first-order valence-corrected chi connectivity index (χ1v) is 8.21. The molecule has 1 aliphatic rings. The molecule has 1 aliphatic heterocycles. The molecular formula is C18H22N4O2. The van der Waals surface area contributed by atoms with Gasteiger partial charge in [-0.25, -0.2) is 9.97 Å². The van der Waals surface area contributed by atoms with Crippen LogP contribution in [0.15, 0.2) is 36.7 Å². The highest BCUT2D eigenvalue weighted by Gasteiger charge is 2.19. The summed E-state index contributed by atoms with van der Waals surface area (Å²) in [6.07, 6.45) is 4.48. The number of hydrogen-bond donors (Lipinski definition) is 3.